The van der Waals surface area contributed by atoms with Gasteiger partial charge in [0.2, 0.25) is 0 Å². The predicted molar refractivity (Wildman–Crippen MR) is 92.7 cm³/mol. The van der Waals surface area contributed by atoms with Crippen molar-refractivity contribution in [2.45, 2.75) is 39.0 Å². The molecule has 24 heavy (non-hydrogen) atoms. The van der Waals surface area contributed by atoms with E-state index in [9.17, 15) is 9.59 Å². The molecule has 6 heteroatoms. The summed E-state index contributed by atoms with van der Waals surface area (Å²) in [4.78, 5) is 25.4. The lowest BCUT2D eigenvalue weighted by Crippen LogP contribution is -2.40. The smallest absolute Gasteiger partial charge is 0.303 e. The molecular weight excluding hydrogens is 330 g/mol. The number of rotatable bonds is 7. The molecule has 2 rings (SSSR count). The van der Waals surface area contributed by atoms with E-state index in [2.05, 4.69) is 0 Å². The molecule has 1 atom stereocenters. The molecule has 1 aromatic rings. The first kappa shape index (κ1) is 18.6. The van der Waals surface area contributed by atoms with E-state index in [1.165, 1.54) is 0 Å². The number of piperidine rings is 1. The van der Waals surface area contributed by atoms with E-state index in [1.807, 2.05) is 6.92 Å². The molecule has 132 valence electrons. The Kier molecular flexibility index (Phi) is 6.91. The molecule has 1 amide bonds. The van der Waals surface area contributed by atoms with Crippen LogP contribution in [-0.4, -0.2) is 41.6 Å². The van der Waals surface area contributed by atoms with Crippen molar-refractivity contribution in [1.29, 1.82) is 0 Å². The predicted octanol–water partition coefficient (Wildman–Crippen LogP) is 3.85. The number of likely N-dealkylation sites (tertiary alicyclic amines) is 1. The zero-order chi connectivity index (χ0) is 17.5. The minimum atomic E-state index is -0.788. The lowest BCUT2D eigenvalue weighted by Gasteiger charge is -2.33. The fourth-order valence-electron chi connectivity index (χ4n) is 2.99. The van der Waals surface area contributed by atoms with Gasteiger partial charge in [-0.2, -0.15) is 0 Å². The fourth-order valence-corrected chi connectivity index (χ4v) is 3.16. The number of benzene rings is 1. The van der Waals surface area contributed by atoms with Crippen molar-refractivity contribution in [1.82, 2.24) is 4.90 Å². The average molecular weight is 354 g/mol. The van der Waals surface area contributed by atoms with Crippen LogP contribution < -0.4 is 4.74 Å². The average Bonchev–Trinajstić information content (AvgIpc) is 2.58. The number of nitrogens with zero attached hydrogens (tertiary/aromatic N) is 1. The number of carbonyl (C=O) groups excluding carboxylic acids is 1. The van der Waals surface area contributed by atoms with Gasteiger partial charge in [0.15, 0.2) is 0 Å². The maximum atomic E-state index is 12.9. The van der Waals surface area contributed by atoms with Gasteiger partial charge < -0.3 is 14.7 Å². The van der Waals surface area contributed by atoms with Crippen LogP contribution in [0.3, 0.4) is 0 Å². The quantitative estimate of drug-likeness (QED) is 0.808. The molecule has 0 aliphatic carbocycles. The Morgan fingerprint density at radius 3 is 2.92 bits per heavy atom. The second-order valence-electron chi connectivity index (χ2n) is 6.18. The molecule has 1 aliphatic heterocycles. The highest BCUT2D eigenvalue weighted by atomic mass is 35.5. The summed E-state index contributed by atoms with van der Waals surface area (Å²) in [5, 5.41) is 9.34. The maximum Gasteiger partial charge on any atom is 0.303 e. The van der Waals surface area contributed by atoms with Crippen LogP contribution in [0.15, 0.2) is 18.2 Å². The molecule has 1 unspecified atom stereocenters. The number of hydrogen-bond acceptors (Lipinski definition) is 3. The first-order chi connectivity index (χ1) is 11.5. The topological polar surface area (TPSA) is 66.8 Å². The summed E-state index contributed by atoms with van der Waals surface area (Å²) in [6, 6.07) is 5.10. The maximum absolute atomic E-state index is 12.9. The summed E-state index contributed by atoms with van der Waals surface area (Å²) < 4.78 is 5.68. The number of halogens is 1. The van der Waals surface area contributed by atoms with Gasteiger partial charge in [0.1, 0.15) is 5.75 Å². The van der Waals surface area contributed by atoms with E-state index in [-0.39, 0.29) is 18.2 Å². The first-order valence-corrected chi connectivity index (χ1v) is 8.82. The Morgan fingerprint density at radius 1 is 1.42 bits per heavy atom. The molecule has 1 saturated heterocycles. The van der Waals surface area contributed by atoms with Gasteiger partial charge in [-0.15, -0.1) is 0 Å². The SMILES string of the molecule is CCCOc1ccc(Cl)cc1C(=O)N1CCCC(CCC(=O)O)C1. The van der Waals surface area contributed by atoms with Crippen molar-refractivity contribution in [3.63, 3.8) is 0 Å². The third kappa shape index (κ3) is 5.13. The third-order valence-electron chi connectivity index (χ3n) is 4.21. The van der Waals surface area contributed by atoms with Gasteiger partial charge in [-0.1, -0.05) is 18.5 Å². The van der Waals surface area contributed by atoms with Crippen LogP contribution in [0.5, 0.6) is 5.75 Å². The van der Waals surface area contributed by atoms with Crippen molar-refractivity contribution in [2.24, 2.45) is 5.92 Å². The van der Waals surface area contributed by atoms with Crippen LogP contribution in [0.25, 0.3) is 0 Å². The highest BCUT2D eigenvalue weighted by molar-refractivity contribution is 6.31. The first-order valence-electron chi connectivity index (χ1n) is 8.44. The molecule has 0 saturated carbocycles. The Balaban J connectivity index is 2.09. The summed E-state index contributed by atoms with van der Waals surface area (Å²) in [5.41, 5.74) is 0.481. The molecule has 0 bridgehead atoms. The Morgan fingerprint density at radius 2 is 2.21 bits per heavy atom. The largest absolute Gasteiger partial charge is 0.493 e. The fraction of sp³-hybridized carbons (Fsp3) is 0.556. The van der Waals surface area contributed by atoms with Gasteiger partial charge in [0.05, 0.1) is 12.2 Å². The molecule has 0 spiro atoms. The monoisotopic (exact) mass is 353 g/mol. The third-order valence-corrected chi connectivity index (χ3v) is 4.44. The molecule has 1 heterocycles. The second-order valence-corrected chi connectivity index (χ2v) is 6.62. The van der Waals surface area contributed by atoms with Gasteiger partial charge in [-0.05, 0) is 49.8 Å². The Labute approximate surface area is 147 Å². The zero-order valence-electron chi connectivity index (χ0n) is 14.0. The molecule has 1 fully saturated rings. The molecule has 1 N–H and O–H groups in total. The molecule has 1 aliphatic rings. The molecule has 5 nitrogen and oxygen atoms in total. The number of amides is 1. The van der Waals surface area contributed by atoms with Gasteiger partial charge >= 0.3 is 5.97 Å². The van der Waals surface area contributed by atoms with Crippen molar-refractivity contribution in [3.8, 4) is 5.75 Å². The van der Waals surface area contributed by atoms with Crippen LogP contribution in [0.4, 0.5) is 0 Å². The van der Waals surface area contributed by atoms with Crippen molar-refractivity contribution in [3.05, 3.63) is 28.8 Å². The second kappa shape index (κ2) is 8.92. The van der Waals surface area contributed by atoms with Crippen molar-refractivity contribution in [2.75, 3.05) is 19.7 Å². The van der Waals surface area contributed by atoms with E-state index in [4.69, 9.17) is 21.4 Å². The van der Waals surface area contributed by atoms with Crippen LogP contribution in [0.2, 0.25) is 5.02 Å². The molecular formula is C18H24ClNO4. The van der Waals surface area contributed by atoms with Gasteiger partial charge in [-0.25, -0.2) is 0 Å². The van der Waals surface area contributed by atoms with E-state index >= 15 is 0 Å². The van der Waals surface area contributed by atoms with Gasteiger partial charge in [0.25, 0.3) is 5.91 Å². The van der Waals surface area contributed by atoms with E-state index in [0.29, 0.717) is 42.5 Å². The standard InChI is InChI=1S/C18H24ClNO4/c1-2-10-24-16-7-6-14(19)11-15(16)18(23)20-9-3-4-13(12-20)5-8-17(21)22/h6-7,11,13H,2-5,8-10,12H2,1H3,(H,21,22). The highest BCUT2D eigenvalue weighted by Gasteiger charge is 2.26. The summed E-state index contributed by atoms with van der Waals surface area (Å²) in [6.45, 7) is 3.83. The summed E-state index contributed by atoms with van der Waals surface area (Å²) >= 11 is 6.06. The van der Waals surface area contributed by atoms with Crippen molar-refractivity contribution >= 4 is 23.5 Å². The number of carboxylic acid groups (broad SMARTS) is 1. The number of hydrogen-bond donors (Lipinski definition) is 1. The summed E-state index contributed by atoms with van der Waals surface area (Å²) in [5.74, 6) is -0.0934. The molecule has 1 aromatic carbocycles. The minimum Gasteiger partial charge on any atom is -0.493 e. The number of carbonyl (C=O) groups is 2. The lowest BCUT2D eigenvalue weighted by atomic mass is 9.93. The molecule has 0 aromatic heterocycles. The normalized spacial score (nSPS) is 17.6. The number of aliphatic carboxylic acids is 1. The number of ether oxygens (including phenoxy) is 1. The minimum absolute atomic E-state index is 0.0939. The van der Waals surface area contributed by atoms with Crippen LogP contribution in [0, 0.1) is 5.92 Å². The van der Waals surface area contributed by atoms with Crippen LogP contribution in [-0.2, 0) is 4.79 Å². The summed E-state index contributed by atoms with van der Waals surface area (Å²) in [6.07, 6.45) is 3.47. The Hall–Kier alpha value is -1.75. The van der Waals surface area contributed by atoms with Gasteiger partial charge in [-0.3, -0.25) is 9.59 Å². The van der Waals surface area contributed by atoms with Gasteiger partial charge in [0, 0.05) is 24.5 Å². The van der Waals surface area contributed by atoms with Crippen LogP contribution >= 0.6 is 11.6 Å². The Bertz CT molecular complexity index is 590. The van der Waals surface area contributed by atoms with E-state index < -0.39 is 5.97 Å². The van der Waals surface area contributed by atoms with Crippen LogP contribution in [0.1, 0.15) is 49.4 Å². The van der Waals surface area contributed by atoms with E-state index in [0.717, 1.165) is 19.3 Å². The molecule has 0 radical (unpaired) electrons. The highest BCUT2D eigenvalue weighted by Crippen LogP contribution is 2.28. The van der Waals surface area contributed by atoms with E-state index in [1.54, 1.807) is 23.1 Å². The summed E-state index contributed by atoms with van der Waals surface area (Å²) in [7, 11) is 0. The van der Waals surface area contributed by atoms with Crippen molar-refractivity contribution < 1.29 is 19.4 Å². The number of carboxylic acids is 1. The lowest BCUT2D eigenvalue weighted by molar-refractivity contribution is -0.137. The zero-order valence-corrected chi connectivity index (χ0v) is 14.7.